The number of rotatable bonds is 4. The molecule has 0 fully saturated rings. The third-order valence-corrected chi connectivity index (χ3v) is 5.92. The van der Waals surface area contributed by atoms with Crippen molar-refractivity contribution in [2.24, 2.45) is 4.40 Å². The van der Waals surface area contributed by atoms with Gasteiger partial charge < -0.3 is 10.1 Å². The van der Waals surface area contributed by atoms with Crippen LogP contribution >= 0.6 is 15.9 Å². The van der Waals surface area contributed by atoms with Crippen LogP contribution in [0.15, 0.2) is 57.8 Å². The SMILES string of the molecule is CC[C@H](Br)C(=O)Oc1cccc(NC2=NS(=O)(=O)c3ccccc32)c1. The second-order valence-corrected chi connectivity index (χ2v) is 8.04. The van der Waals surface area contributed by atoms with Crippen molar-refractivity contribution in [3.63, 3.8) is 0 Å². The maximum Gasteiger partial charge on any atom is 0.325 e. The summed E-state index contributed by atoms with van der Waals surface area (Å²) in [5.41, 5.74) is 1.08. The molecule has 0 aromatic heterocycles. The van der Waals surface area contributed by atoms with Gasteiger partial charge in [-0.15, -0.1) is 4.40 Å². The van der Waals surface area contributed by atoms with Crippen LogP contribution in [-0.4, -0.2) is 25.0 Å². The number of nitrogens with zero attached hydrogens (tertiary/aromatic N) is 1. The zero-order valence-corrected chi connectivity index (χ0v) is 15.7. The van der Waals surface area contributed by atoms with Gasteiger partial charge in [-0.3, -0.25) is 4.79 Å². The molecule has 6 nitrogen and oxygen atoms in total. The molecule has 1 N–H and O–H groups in total. The molecule has 0 bridgehead atoms. The topological polar surface area (TPSA) is 84.8 Å². The fraction of sp³-hybridized carbons (Fsp3) is 0.176. The first kappa shape index (κ1) is 17.6. The van der Waals surface area contributed by atoms with Crippen LogP contribution in [-0.2, 0) is 14.8 Å². The summed E-state index contributed by atoms with van der Waals surface area (Å²) < 4.78 is 33.2. The summed E-state index contributed by atoms with van der Waals surface area (Å²) in [6.45, 7) is 1.87. The number of ether oxygens (including phenoxy) is 1. The van der Waals surface area contributed by atoms with Crippen LogP contribution in [0.2, 0.25) is 0 Å². The summed E-state index contributed by atoms with van der Waals surface area (Å²) in [5, 5.41) is 2.98. The molecule has 3 rings (SSSR count). The minimum Gasteiger partial charge on any atom is -0.426 e. The van der Waals surface area contributed by atoms with Crippen LogP contribution in [0.4, 0.5) is 5.69 Å². The molecule has 1 atom stereocenters. The second kappa shape index (κ2) is 6.97. The third kappa shape index (κ3) is 3.74. The van der Waals surface area contributed by atoms with E-state index in [-0.39, 0.29) is 21.5 Å². The molecule has 1 heterocycles. The van der Waals surface area contributed by atoms with Gasteiger partial charge in [-0.05, 0) is 30.7 Å². The molecule has 8 heteroatoms. The van der Waals surface area contributed by atoms with Crippen LogP contribution in [0, 0.1) is 0 Å². The van der Waals surface area contributed by atoms with Crippen molar-refractivity contribution in [2.45, 2.75) is 23.1 Å². The molecule has 130 valence electrons. The predicted octanol–water partition coefficient (Wildman–Crippen LogP) is 3.33. The zero-order chi connectivity index (χ0) is 18.0. The first-order valence-electron chi connectivity index (χ1n) is 7.58. The van der Waals surface area contributed by atoms with Gasteiger partial charge in [-0.1, -0.05) is 41.1 Å². The summed E-state index contributed by atoms with van der Waals surface area (Å²) in [5.74, 6) is 0.222. The van der Waals surface area contributed by atoms with E-state index in [4.69, 9.17) is 4.74 Å². The van der Waals surface area contributed by atoms with Crippen molar-refractivity contribution in [3.05, 3.63) is 54.1 Å². The van der Waals surface area contributed by atoms with Crippen LogP contribution in [0.3, 0.4) is 0 Å². The number of carbonyl (C=O) groups is 1. The Labute approximate surface area is 154 Å². The number of benzene rings is 2. The fourth-order valence-corrected chi connectivity index (χ4v) is 3.59. The third-order valence-electron chi connectivity index (χ3n) is 3.56. The molecule has 0 radical (unpaired) electrons. The molecule has 2 aromatic rings. The number of nitrogens with one attached hydrogen (secondary N) is 1. The Balaban J connectivity index is 1.83. The first-order chi connectivity index (χ1) is 11.9. The van der Waals surface area contributed by atoms with E-state index >= 15 is 0 Å². The van der Waals surface area contributed by atoms with Crippen LogP contribution in [0.25, 0.3) is 0 Å². The fourth-order valence-electron chi connectivity index (χ4n) is 2.32. The molecule has 1 aliphatic heterocycles. The van der Waals surface area contributed by atoms with Crippen LogP contribution in [0.5, 0.6) is 5.75 Å². The van der Waals surface area contributed by atoms with E-state index in [0.29, 0.717) is 23.4 Å². The van der Waals surface area contributed by atoms with Gasteiger partial charge in [0.05, 0.1) is 0 Å². The maximum atomic E-state index is 12.1. The lowest BCUT2D eigenvalue weighted by atomic mass is 10.2. The molecule has 0 amide bonds. The summed E-state index contributed by atoms with van der Waals surface area (Å²) in [6, 6.07) is 13.3. The normalized spacial score (nSPS) is 15.8. The van der Waals surface area contributed by atoms with Gasteiger partial charge in [-0.2, -0.15) is 8.42 Å². The average molecular weight is 423 g/mol. The Morgan fingerprint density at radius 3 is 2.76 bits per heavy atom. The average Bonchev–Trinajstić information content (AvgIpc) is 2.85. The molecule has 0 aliphatic carbocycles. The lowest BCUT2D eigenvalue weighted by Gasteiger charge is -2.10. The van der Waals surface area contributed by atoms with Gasteiger partial charge in [0.25, 0.3) is 10.0 Å². The Morgan fingerprint density at radius 1 is 1.24 bits per heavy atom. The molecule has 2 aromatic carbocycles. The number of sulfonamides is 1. The predicted molar refractivity (Wildman–Crippen MR) is 98.9 cm³/mol. The monoisotopic (exact) mass is 422 g/mol. The van der Waals surface area contributed by atoms with Gasteiger partial charge >= 0.3 is 5.97 Å². The Kier molecular flexibility index (Phi) is 4.91. The van der Waals surface area contributed by atoms with Crippen molar-refractivity contribution < 1.29 is 17.9 Å². The summed E-state index contributed by atoms with van der Waals surface area (Å²) >= 11 is 3.24. The van der Waals surface area contributed by atoms with E-state index in [1.165, 1.54) is 6.07 Å². The van der Waals surface area contributed by atoms with Crippen molar-refractivity contribution >= 4 is 43.4 Å². The van der Waals surface area contributed by atoms with Crippen molar-refractivity contribution in [3.8, 4) is 5.75 Å². The van der Waals surface area contributed by atoms with Gasteiger partial charge in [0, 0.05) is 17.3 Å². The van der Waals surface area contributed by atoms with Gasteiger partial charge in [0.2, 0.25) is 0 Å². The number of hydrogen-bond donors (Lipinski definition) is 1. The lowest BCUT2D eigenvalue weighted by molar-refractivity contribution is -0.133. The molecule has 0 saturated carbocycles. The van der Waals surface area contributed by atoms with E-state index in [9.17, 15) is 13.2 Å². The second-order valence-electron chi connectivity index (χ2n) is 5.36. The Bertz CT molecular complexity index is 957. The molecule has 0 saturated heterocycles. The highest BCUT2D eigenvalue weighted by atomic mass is 79.9. The number of fused-ring (bicyclic) bond motifs is 1. The van der Waals surface area contributed by atoms with Crippen LogP contribution in [0.1, 0.15) is 18.9 Å². The highest BCUT2D eigenvalue weighted by Gasteiger charge is 2.28. The van der Waals surface area contributed by atoms with E-state index in [2.05, 4.69) is 25.6 Å². The number of hydrogen-bond acceptors (Lipinski definition) is 5. The van der Waals surface area contributed by atoms with Crippen LogP contribution < -0.4 is 10.1 Å². The number of alkyl halides is 1. The number of carbonyl (C=O) groups excluding carboxylic acids is 1. The Morgan fingerprint density at radius 2 is 2.00 bits per heavy atom. The molecule has 1 aliphatic rings. The minimum atomic E-state index is -3.68. The molecular formula is C17H15BrN2O4S. The van der Waals surface area contributed by atoms with Crippen molar-refractivity contribution in [2.75, 3.05) is 5.32 Å². The standard InChI is InChI=1S/C17H15BrN2O4S/c1-2-14(18)17(21)24-12-7-5-6-11(10-12)19-16-13-8-3-4-9-15(13)25(22,23)20-16/h3-10,14H,2H2,1H3,(H,19,20)/t14-/m0/s1. The van der Waals surface area contributed by atoms with Crippen molar-refractivity contribution in [1.29, 1.82) is 0 Å². The highest BCUT2D eigenvalue weighted by Crippen LogP contribution is 2.27. The smallest absolute Gasteiger partial charge is 0.325 e. The number of anilines is 1. The van der Waals surface area contributed by atoms with Gasteiger partial charge in [0.15, 0.2) is 5.84 Å². The van der Waals surface area contributed by atoms with Crippen molar-refractivity contribution in [1.82, 2.24) is 0 Å². The number of esters is 1. The maximum absolute atomic E-state index is 12.1. The van der Waals surface area contributed by atoms with Gasteiger partial charge in [-0.25, -0.2) is 0 Å². The molecule has 0 unspecified atom stereocenters. The molecule has 25 heavy (non-hydrogen) atoms. The number of halogens is 1. The zero-order valence-electron chi connectivity index (χ0n) is 13.3. The highest BCUT2D eigenvalue weighted by molar-refractivity contribution is 9.10. The lowest BCUT2D eigenvalue weighted by Crippen LogP contribution is -2.19. The number of amidine groups is 1. The minimum absolute atomic E-state index is 0.171. The summed E-state index contributed by atoms with van der Waals surface area (Å²) in [6.07, 6.45) is 0.613. The Hall–Kier alpha value is -2.19. The summed E-state index contributed by atoms with van der Waals surface area (Å²) in [7, 11) is -3.68. The van der Waals surface area contributed by atoms with E-state index in [1.54, 1.807) is 42.5 Å². The largest absolute Gasteiger partial charge is 0.426 e. The van der Waals surface area contributed by atoms with E-state index in [0.717, 1.165) is 0 Å². The first-order valence-corrected chi connectivity index (χ1v) is 9.93. The van der Waals surface area contributed by atoms with E-state index < -0.39 is 10.0 Å². The van der Waals surface area contributed by atoms with E-state index in [1.807, 2.05) is 6.92 Å². The summed E-state index contributed by atoms with van der Waals surface area (Å²) in [4.78, 5) is 11.7. The molecular weight excluding hydrogens is 408 g/mol. The quantitative estimate of drug-likeness (QED) is 0.463. The van der Waals surface area contributed by atoms with Gasteiger partial charge in [0.1, 0.15) is 15.5 Å². The molecule has 0 spiro atoms.